The van der Waals surface area contributed by atoms with E-state index >= 15 is 0 Å². The summed E-state index contributed by atoms with van der Waals surface area (Å²) in [5.41, 5.74) is 0. The lowest BCUT2D eigenvalue weighted by Crippen LogP contribution is -2.45. The van der Waals surface area contributed by atoms with Crippen LogP contribution in [0, 0.1) is 5.92 Å². The van der Waals surface area contributed by atoms with E-state index in [-0.39, 0.29) is 0 Å². The van der Waals surface area contributed by atoms with Gasteiger partial charge in [0.1, 0.15) is 0 Å². The minimum atomic E-state index is 0.804. The molecule has 0 saturated carbocycles. The molecule has 54 valence electrons. The third kappa shape index (κ3) is 1.45. The van der Waals surface area contributed by atoms with Crippen LogP contribution >= 0.6 is 0 Å². The molecule has 1 atom stereocenters. The summed E-state index contributed by atoms with van der Waals surface area (Å²) in [5.74, 6) is 0.824. The van der Waals surface area contributed by atoms with E-state index in [1.165, 1.54) is 19.5 Å². The number of nitrogens with zero attached hydrogens (tertiary/aromatic N) is 1. The molecule has 1 saturated heterocycles. The number of likely N-dealkylation sites (tertiary alicyclic amines) is 1. The number of hydrogen-bond acceptors (Lipinski definition) is 1. The van der Waals surface area contributed by atoms with Crippen molar-refractivity contribution in [2.75, 3.05) is 13.1 Å². The molecule has 1 rings (SSSR count). The Labute approximate surface area is 58.0 Å². The van der Waals surface area contributed by atoms with Gasteiger partial charge in [-0.3, -0.25) is 0 Å². The van der Waals surface area contributed by atoms with Gasteiger partial charge < -0.3 is 4.90 Å². The molecule has 0 aromatic heterocycles. The number of hydrogen-bond donors (Lipinski definition) is 0. The van der Waals surface area contributed by atoms with Crippen molar-refractivity contribution in [2.24, 2.45) is 5.92 Å². The van der Waals surface area contributed by atoms with E-state index in [9.17, 15) is 0 Å². The van der Waals surface area contributed by atoms with E-state index < -0.39 is 0 Å². The highest BCUT2D eigenvalue weighted by Crippen LogP contribution is 2.16. The Hall–Kier alpha value is -0.0400. The Morgan fingerprint density at radius 2 is 1.67 bits per heavy atom. The van der Waals surface area contributed by atoms with E-state index in [0.29, 0.717) is 0 Å². The van der Waals surface area contributed by atoms with Crippen molar-refractivity contribution in [3.63, 3.8) is 0 Å². The maximum Gasteiger partial charge on any atom is 0.00899 e. The summed E-state index contributed by atoms with van der Waals surface area (Å²) < 4.78 is 0. The Morgan fingerprint density at radius 3 is 1.78 bits per heavy atom. The van der Waals surface area contributed by atoms with Crippen molar-refractivity contribution in [3.05, 3.63) is 0 Å². The molecule has 1 heteroatoms. The largest absolute Gasteiger partial charge is 0.300 e. The fourth-order valence-electron chi connectivity index (χ4n) is 1.17. The van der Waals surface area contributed by atoms with Gasteiger partial charge in [-0.1, -0.05) is 13.8 Å². The van der Waals surface area contributed by atoms with E-state index in [2.05, 4.69) is 25.7 Å². The lowest BCUT2D eigenvalue weighted by molar-refractivity contribution is 0.0992. The van der Waals surface area contributed by atoms with E-state index in [4.69, 9.17) is 0 Å². The van der Waals surface area contributed by atoms with E-state index in [1.54, 1.807) is 0 Å². The van der Waals surface area contributed by atoms with Gasteiger partial charge in [0, 0.05) is 6.04 Å². The highest BCUT2D eigenvalue weighted by atomic mass is 15.2. The monoisotopic (exact) mass is 127 g/mol. The zero-order chi connectivity index (χ0) is 6.85. The Bertz CT molecular complexity index is 84.6. The molecule has 0 spiro atoms. The van der Waals surface area contributed by atoms with Crippen LogP contribution in [0.5, 0.6) is 0 Å². The Balaban J connectivity index is 2.23. The van der Waals surface area contributed by atoms with Gasteiger partial charge in [-0.15, -0.1) is 0 Å². The van der Waals surface area contributed by atoms with Crippen molar-refractivity contribution in [2.45, 2.75) is 33.2 Å². The van der Waals surface area contributed by atoms with Crippen molar-refractivity contribution < 1.29 is 0 Å². The highest BCUT2D eigenvalue weighted by Gasteiger charge is 2.21. The summed E-state index contributed by atoms with van der Waals surface area (Å²) in [7, 11) is 0. The molecule has 0 radical (unpaired) electrons. The molecule has 0 aliphatic carbocycles. The molecule has 1 aliphatic heterocycles. The van der Waals surface area contributed by atoms with Gasteiger partial charge in [0.25, 0.3) is 0 Å². The van der Waals surface area contributed by atoms with Gasteiger partial charge in [-0.2, -0.15) is 0 Å². The van der Waals surface area contributed by atoms with Crippen molar-refractivity contribution in [1.82, 2.24) is 4.90 Å². The summed E-state index contributed by atoms with van der Waals surface area (Å²) in [6, 6.07) is 0.804. The fraction of sp³-hybridized carbons (Fsp3) is 1.00. The second-order valence-corrected chi connectivity index (χ2v) is 3.37. The maximum atomic E-state index is 2.55. The summed E-state index contributed by atoms with van der Waals surface area (Å²) in [6.07, 6.45) is 1.41. The minimum Gasteiger partial charge on any atom is -0.300 e. The smallest absolute Gasteiger partial charge is 0.00899 e. The molecule has 1 nitrogen and oxygen atoms in total. The standard InChI is InChI=1S/C8H17N/c1-7(2)8(3)9-5-4-6-9/h7-8H,4-6H2,1-3H3/t8-/m0/s1. The first-order valence-corrected chi connectivity index (χ1v) is 3.96. The second-order valence-electron chi connectivity index (χ2n) is 3.37. The normalized spacial score (nSPS) is 24.0. The molecule has 1 fully saturated rings. The average molecular weight is 127 g/mol. The minimum absolute atomic E-state index is 0.804. The van der Waals surface area contributed by atoms with Crippen LogP contribution in [-0.4, -0.2) is 24.0 Å². The molecular formula is C8H17N. The van der Waals surface area contributed by atoms with Gasteiger partial charge >= 0.3 is 0 Å². The molecule has 0 aromatic carbocycles. The summed E-state index contributed by atoms with van der Waals surface area (Å²) >= 11 is 0. The van der Waals surface area contributed by atoms with Crippen molar-refractivity contribution in [3.8, 4) is 0 Å². The Morgan fingerprint density at radius 1 is 1.11 bits per heavy atom. The van der Waals surface area contributed by atoms with Gasteiger partial charge in [0.2, 0.25) is 0 Å². The van der Waals surface area contributed by atoms with Crippen molar-refractivity contribution in [1.29, 1.82) is 0 Å². The summed E-state index contributed by atoms with van der Waals surface area (Å²) in [6.45, 7) is 9.58. The molecule has 1 aliphatic rings. The predicted octanol–water partition coefficient (Wildman–Crippen LogP) is 1.74. The van der Waals surface area contributed by atoms with Gasteiger partial charge in [0.05, 0.1) is 0 Å². The maximum absolute atomic E-state index is 2.55. The van der Waals surface area contributed by atoms with Crippen LogP contribution in [0.15, 0.2) is 0 Å². The first kappa shape index (κ1) is 7.07. The van der Waals surface area contributed by atoms with Crippen LogP contribution in [0.4, 0.5) is 0 Å². The third-order valence-electron chi connectivity index (χ3n) is 2.43. The van der Waals surface area contributed by atoms with E-state index in [0.717, 1.165) is 12.0 Å². The van der Waals surface area contributed by atoms with Crippen LogP contribution in [0.3, 0.4) is 0 Å². The van der Waals surface area contributed by atoms with Crippen LogP contribution in [0.1, 0.15) is 27.2 Å². The predicted molar refractivity (Wildman–Crippen MR) is 40.5 cm³/mol. The van der Waals surface area contributed by atoms with Crippen molar-refractivity contribution >= 4 is 0 Å². The summed E-state index contributed by atoms with van der Waals surface area (Å²) in [5, 5.41) is 0. The molecule has 0 amide bonds. The molecule has 1 heterocycles. The lowest BCUT2D eigenvalue weighted by Gasteiger charge is -2.38. The lowest BCUT2D eigenvalue weighted by atomic mass is 10.0. The Kier molecular flexibility index (Phi) is 2.12. The second kappa shape index (κ2) is 2.70. The fourth-order valence-corrected chi connectivity index (χ4v) is 1.17. The van der Waals surface area contributed by atoms with Crippen LogP contribution in [0.2, 0.25) is 0 Å². The van der Waals surface area contributed by atoms with Gasteiger partial charge in [-0.05, 0) is 32.4 Å². The van der Waals surface area contributed by atoms with Crippen LogP contribution in [-0.2, 0) is 0 Å². The molecule has 0 aromatic rings. The summed E-state index contributed by atoms with van der Waals surface area (Å²) in [4.78, 5) is 2.55. The molecule has 0 bridgehead atoms. The zero-order valence-electron chi connectivity index (χ0n) is 6.72. The highest BCUT2D eigenvalue weighted by molar-refractivity contribution is 4.76. The zero-order valence-corrected chi connectivity index (χ0v) is 6.72. The van der Waals surface area contributed by atoms with E-state index in [1.807, 2.05) is 0 Å². The molecular weight excluding hydrogens is 110 g/mol. The van der Waals surface area contributed by atoms with Crippen LogP contribution in [0.25, 0.3) is 0 Å². The first-order chi connectivity index (χ1) is 4.22. The SMILES string of the molecule is CC(C)[C@H](C)N1CCC1. The van der Waals surface area contributed by atoms with Gasteiger partial charge in [-0.25, -0.2) is 0 Å². The van der Waals surface area contributed by atoms with Gasteiger partial charge in [0.15, 0.2) is 0 Å². The molecule has 0 N–H and O–H groups in total. The molecule has 9 heavy (non-hydrogen) atoms. The quantitative estimate of drug-likeness (QED) is 0.546. The average Bonchev–Trinajstić information content (AvgIpc) is 1.60. The number of rotatable bonds is 2. The van der Waals surface area contributed by atoms with Crippen LogP contribution < -0.4 is 0 Å². The first-order valence-electron chi connectivity index (χ1n) is 3.96. The molecule has 0 unspecified atom stereocenters. The topological polar surface area (TPSA) is 3.24 Å². The third-order valence-corrected chi connectivity index (χ3v) is 2.43.